The molecule has 9 heteroatoms. The number of carboxylic acids is 1. The molecule has 0 aromatic heterocycles. The summed E-state index contributed by atoms with van der Waals surface area (Å²) in [4.78, 5) is 11.9. The van der Waals surface area contributed by atoms with Gasteiger partial charge in [-0.15, -0.1) is 11.8 Å². The van der Waals surface area contributed by atoms with E-state index in [2.05, 4.69) is 4.72 Å². The molecule has 3 rings (SSSR count). The van der Waals surface area contributed by atoms with Gasteiger partial charge in [0.15, 0.2) is 11.6 Å². The maximum atomic E-state index is 13.3. The van der Waals surface area contributed by atoms with Crippen LogP contribution in [-0.2, 0) is 15.8 Å². The fraction of sp³-hybridized carbons (Fsp3) is 0.0952. The van der Waals surface area contributed by atoms with E-state index < -0.39 is 27.6 Å². The number of carboxylic acid groups (broad SMARTS) is 1. The summed E-state index contributed by atoms with van der Waals surface area (Å²) in [7, 11) is -3.96. The van der Waals surface area contributed by atoms with Crippen molar-refractivity contribution in [2.45, 2.75) is 22.5 Å². The summed E-state index contributed by atoms with van der Waals surface area (Å²) in [6, 6.07) is 14.1. The molecular weight excluding hydrogens is 432 g/mol. The van der Waals surface area contributed by atoms with Gasteiger partial charge in [0.1, 0.15) is 0 Å². The van der Waals surface area contributed by atoms with E-state index in [-0.39, 0.29) is 10.5 Å². The Bertz CT molecular complexity index is 1200. The number of thioether (sulfide) groups is 1. The largest absolute Gasteiger partial charge is 0.478 e. The number of aryl methyl sites for hydroxylation is 1. The summed E-state index contributed by atoms with van der Waals surface area (Å²) in [5, 5.41) is 9.18. The molecule has 0 radical (unpaired) electrons. The van der Waals surface area contributed by atoms with Crippen molar-refractivity contribution in [3.8, 4) is 0 Å². The third-order valence-electron chi connectivity index (χ3n) is 4.25. The van der Waals surface area contributed by atoms with Crippen LogP contribution in [0.25, 0.3) is 0 Å². The van der Waals surface area contributed by atoms with Gasteiger partial charge in [-0.05, 0) is 66.6 Å². The lowest BCUT2D eigenvalue weighted by Crippen LogP contribution is -2.14. The Balaban J connectivity index is 1.69. The topological polar surface area (TPSA) is 83.5 Å². The van der Waals surface area contributed by atoms with E-state index in [0.29, 0.717) is 22.6 Å². The average Bonchev–Trinajstić information content (AvgIpc) is 2.69. The number of rotatable bonds is 7. The van der Waals surface area contributed by atoms with Gasteiger partial charge in [-0.2, -0.15) is 0 Å². The predicted octanol–water partition coefficient (Wildman–Crippen LogP) is 5.06. The molecule has 5 nitrogen and oxygen atoms in total. The van der Waals surface area contributed by atoms with E-state index in [9.17, 15) is 27.1 Å². The lowest BCUT2D eigenvalue weighted by atomic mass is 10.1. The summed E-state index contributed by atoms with van der Waals surface area (Å²) < 4.78 is 53.8. The van der Waals surface area contributed by atoms with Crippen molar-refractivity contribution in [1.82, 2.24) is 0 Å². The monoisotopic (exact) mass is 449 g/mol. The number of hydrogen-bond donors (Lipinski definition) is 2. The lowest BCUT2D eigenvalue weighted by Gasteiger charge is -2.10. The first kappa shape index (κ1) is 21.8. The van der Waals surface area contributed by atoms with Crippen molar-refractivity contribution in [3.63, 3.8) is 0 Å². The second-order valence-corrected chi connectivity index (χ2v) is 9.18. The van der Waals surface area contributed by atoms with Gasteiger partial charge in [0, 0.05) is 16.3 Å². The van der Waals surface area contributed by atoms with Crippen LogP contribution in [0.3, 0.4) is 0 Å². The number of nitrogens with one attached hydrogen (secondary N) is 1. The van der Waals surface area contributed by atoms with E-state index in [0.717, 1.165) is 23.1 Å². The molecule has 0 fully saturated rings. The van der Waals surface area contributed by atoms with Crippen LogP contribution < -0.4 is 4.72 Å². The van der Waals surface area contributed by atoms with Crippen molar-refractivity contribution in [2.24, 2.45) is 0 Å². The van der Waals surface area contributed by atoms with Crippen molar-refractivity contribution >= 4 is 33.4 Å². The molecule has 0 bridgehead atoms. The fourth-order valence-electron chi connectivity index (χ4n) is 2.63. The van der Waals surface area contributed by atoms with Crippen molar-refractivity contribution in [2.75, 3.05) is 4.72 Å². The second kappa shape index (κ2) is 8.85. The number of carbonyl (C=O) groups is 1. The Morgan fingerprint density at radius 2 is 1.70 bits per heavy atom. The second-order valence-electron chi connectivity index (χ2n) is 6.45. The van der Waals surface area contributed by atoms with Gasteiger partial charge in [-0.25, -0.2) is 22.0 Å². The van der Waals surface area contributed by atoms with E-state index in [4.69, 9.17) is 0 Å². The van der Waals surface area contributed by atoms with Crippen LogP contribution in [0.2, 0.25) is 0 Å². The van der Waals surface area contributed by atoms with Crippen LogP contribution in [0.4, 0.5) is 14.5 Å². The highest BCUT2D eigenvalue weighted by atomic mass is 32.2. The normalized spacial score (nSPS) is 11.3. The van der Waals surface area contributed by atoms with Gasteiger partial charge in [0.05, 0.1) is 10.5 Å². The Labute approximate surface area is 176 Å². The molecule has 0 saturated heterocycles. The highest BCUT2D eigenvalue weighted by molar-refractivity contribution is 7.98. The minimum atomic E-state index is -3.96. The number of anilines is 1. The van der Waals surface area contributed by atoms with Gasteiger partial charge in [0.25, 0.3) is 10.0 Å². The molecule has 0 spiro atoms. The highest BCUT2D eigenvalue weighted by Crippen LogP contribution is 2.26. The molecule has 30 heavy (non-hydrogen) atoms. The van der Waals surface area contributed by atoms with Crippen LogP contribution in [0, 0.1) is 18.6 Å². The van der Waals surface area contributed by atoms with Crippen LogP contribution >= 0.6 is 11.8 Å². The first-order valence-corrected chi connectivity index (χ1v) is 11.2. The zero-order valence-corrected chi connectivity index (χ0v) is 17.4. The zero-order chi connectivity index (χ0) is 21.9. The molecule has 0 amide bonds. The maximum absolute atomic E-state index is 13.3. The van der Waals surface area contributed by atoms with Gasteiger partial charge in [-0.3, -0.25) is 4.72 Å². The number of hydrogen-bond acceptors (Lipinski definition) is 4. The van der Waals surface area contributed by atoms with Gasteiger partial charge < -0.3 is 5.11 Å². The SMILES string of the molecule is Cc1ccc(S(=O)(=O)Nc2ccc(SCc3ccc(F)c(F)c3)cc2)cc1C(=O)O. The first-order chi connectivity index (χ1) is 14.2. The molecule has 0 aliphatic rings. The van der Waals surface area contributed by atoms with E-state index >= 15 is 0 Å². The standard InChI is InChI=1S/C21H17F2NO4S2/c1-13-2-8-17(11-18(13)21(25)26)30(27,28)24-15-4-6-16(7-5-15)29-12-14-3-9-19(22)20(23)10-14/h2-11,24H,12H2,1H3,(H,25,26). The molecule has 2 N–H and O–H groups in total. The van der Waals surface area contributed by atoms with Crippen LogP contribution in [0.1, 0.15) is 21.5 Å². The van der Waals surface area contributed by atoms with E-state index in [1.807, 2.05) is 0 Å². The van der Waals surface area contributed by atoms with Crippen LogP contribution in [0.5, 0.6) is 0 Å². The molecular formula is C21H17F2NO4S2. The first-order valence-electron chi connectivity index (χ1n) is 8.69. The maximum Gasteiger partial charge on any atom is 0.335 e. The minimum absolute atomic E-state index is 0.0816. The Kier molecular flexibility index (Phi) is 6.42. The van der Waals surface area contributed by atoms with Gasteiger partial charge in [-0.1, -0.05) is 12.1 Å². The summed E-state index contributed by atoms with van der Waals surface area (Å²) in [6.07, 6.45) is 0. The number of sulfonamides is 1. The quantitative estimate of drug-likeness (QED) is 0.493. The van der Waals surface area contributed by atoms with Gasteiger partial charge >= 0.3 is 5.97 Å². The predicted molar refractivity (Wildman–Crippen MR) is 111 cm³/mol. The fourth-order valence-corrected chi connectivity index (χ4v) is 4.55. The van der Waals surface area contributed by atoms with E-state index in [1.54, 1.807) is 31.2 Å². The molecule has 156 valence electrons. The number of aromatic carboxylic acids is 1. The summed E-state index contributed by atoms with van der Waals surface area (Å²) in [5.74, 6) is -2.58. The third kappa shape index (κ3) is 5.17. The Morgan fingerprint density at radius 1 is 1.00 bits per heavy atom. The minimum Gasteiger partial charge on any atom is -0.478 e. The Morgan fingerprint density at radius 3 is 2.33 bits per heavy atom. The zero-order valence-electron chi connectivity index (χ0n) is 15.7. The number of benzene rings is 3. The van der Waals surface area contributed by atoms with Crippen molar-refractivity contribution in [3.05, 3.63) is 89.0 Å². The van der Waals surface area contributed by atoms with E-state index in [1.165, 1.54) is 30.0 Å². The molecule has 0 saturated carbocycles. The third-order valence-corrected chi connectivity index (χ3v) is 6.71. The molecule has 3 aromatic carbocycles. The summed E-state index contributed by atoms with van der Waals surface area (Å²) >= 11 is 1.39. The molecule has 0 heterocycles. The molecule has 0 atom stereocenters. The molecule has 3 aromatic rings. The smallest absolute Gasteiger partial charge is 0.335 e. The summed E-state index contributed by atoms with van der Waals surface area (Å²) in [6.45, 7) is 1.59. The van der Waals surface area contributed by atoms with Crippen molar-refractivity contribution < 1.29 is 27.1 Å². The van der Waals surface area contributed by atoms with Gasteiger partial charge in [0.2, 0.25) is 0 Å². The summed E-state index contributed by atoms with van der Waals surface area (Å²) in [5.41, 5.74) is 1.31. The lowest BCUT2D eigenvalue weighted by molar-refractivity contribution is 0.0696. The number of halogens is 2. The molecule has 0 aliphatic carbocycles. The Hall–Kier alpha value is -2.91. The molecule has 0 unspecified atom stereocenters. The van der Waals surface area contributed by atoms with Crippen molar-refractivity contribution in [1.29, 1.82) is 0 Å². The average molecular weight is 450 g/mol. The van der Waals surface area contributed by atoms with Crippen LogP contribution in [0.15, 0.2) is 70.5 Å². The molecule has 0 aliphatic heterocycles. The highest BCUT2D eigenvalue weighted by Gasteiger charge is 2.18. The van der Waals surface area contributed by atoms with Crippen LogP contribution in [-0.4, -0.2) is 19.5 Å².